The Kier molecular flexibility index (Phi) is 4.46. The van der Waals surface area contributed by atoms with Crippen molar-refractivity contribution in [3.63, 3.8) is 0 Å². The van der Waals surface area contributed by atoms with Crippen LogP contribution in [0.25, 0.3) is 11.0 Å². The average Bonchev–Trinajstić information content (AvgIpc) is 2.80. The first-order chi connectivity index (χ1) is 8.42. The Balaban J connectivity index is 0.00000120. The number of guanidine groups is 1. The van der Waals surface area contributed by atoms with Gasteiger partial charge in [-0.05, 0) is 18.6 Å². The maximum absolute atomic E-state index is 5.71. The summed E-state index contributed by atoms with van der Waals surface area (Å²) in [6.45, 7) is 2.56. The normalized spacial score (nSPS) is 14.6. The zero-order chi connectivity index (χ0) is 11.5. The van der Waals surface area contributed by atoms with E-state index in [0.29, 0.717) is 6.54 Å². The van der Waals surface area contributed by atoms with Crippen LogP contribution in [-0.4, -0.2) is 19.0 Å². The van der Waals surface area contributed by atoms with Crippen molar-refractivity contribution >= 4 is 40.9 Å². The zero-order valence-electron chi connectivity index (χ0n) is 9.98. The van der Waals surface area contributed by atoms with E-state index in [1.807, 2.05) is 18.2 Å². The molecule has 18 heavy (non-hydrogen) atoms. The Morgan fingerprint density at radius 1 is 1.33 bits per heavy atom. The molecule has 2 heterocycles. The molecule has 4 nitrogen and oxygen atoms in total. The number of rotatable bonds is 2. The van der Waals surface area contributed by atoms with Gasteiger partial charge in [0.2, 0.25) is 0 Å². The molecular formula is C13H16IN3O. The number of halogens is 1. The molecule has 0 bridgehead atoms. The van der Waals surface area contributed by atoms with Crippen molar-refractivity contribution in [1.82, 2.24) is 10.6 Å². The molecule has 96 valence electrons. The molecule has 3 rings (SSSR count). The first-order valence-electron chi connectivity index (χ1n) is 5.91. The van der Waals surface area contributed by atoms with Gasteiger partial charge in [0, 0.05) is 18.5 Å². The molecule has 1 aromatic heterocycles. The van der Waals surface area contributed by atoms with E-state index in [0.717, 1.165) is 42.2 Å². The lowest BCUT2D eigenvalue weighted by molar-refractivity contribution is 0.536. The lowest BCUT2D eigenvalue weighted by Crippen LogP contribution is -2.40. The molecular weight excluding hydrogens is 341 g/mol. The lowest BCUT2D eigenvalue weighted by Gasteiger charge is -2.14. The minimum Gasteiger partial charge on any atom is -0.459 e. The third kappa shape index (κ3) is 2.95. The van der Waals surface area contributed by atoms with Gasteiger partial charge in [-0.15, -0.1) is 24.0 Å². The smallest absolute Gasteiger partial charge is 0.191 e. The van der Waals surface area contributed by atoms with E-state index >= 15 is 0 Å². The van der Waals surface area contributed by atoms with Crippen LogP contribution in [0.5, 0.6) is 0 Å². The SMILES string of the molecule is I.c1ccc2oc(CNC3=NCCCN3)cc2c1. The topological polar surface area (TPSA) is 49.6 Å². The van der Waals surface area contributed by atoms with Gasteiger partial charge in [0.15, 0.2) is 5.96 Å². The number of para-hydroxylation sites is 1. The molecule has 0 saturated heterocycles. The molecule has 1 aliphatic heterocycles. The average molecular weight is 357 g/mol. The summed E-state index contributed by atoms with van der Waals surface area (Å²) in [7, 11) is 0. The highest BCUT2D eigenvalue weighted by molar-refractivity contribution is 14.0. The Labute approximate surface area is 123 Å². The number of nitrogens with zero attached hydrogens (tertiary/aromatic N) is 1. The molecule has 0 spiro atoms. The Morgan fingerprint density at radius 2 is 2.22 bits per heavy atom. The number of furan rings is 1. The first kappa shape index (κ1) is 13.2. The number of hydrogen-bond donors (Lipinski definition) is 2. The zero-order valence-corrected chi connectivity index (χ0v) is 12.3. The largest absolute Gasteiger partial charge is 0.459 e. The molecule has 1 aromatic carbocycles. The van der Waals surface area contributed by atoms with Gasteiger partial charge in [0.1, 0.15) is 11.3 Å². The third-order valence-corrected chi connectivity index (χ3v) is 2.80. The van der Waals surface area contributed by atoms with Crippen LogP contribution in [0.1, 0.15) is 12.2 Å². The number of hydrogen-bond acceptors (Lipinski definition) is 4. The quantitative estimate of drug-likeness (QED) is 0.812. The fraction of sp³-hybridized carbons (Fsp3) is 0.308. The highest BCUT2D eigenvalue weighted by Crippen LogP contribution is 2.18. The summed E-state index contributed by atoms with van der Waals surface area (Å²) in [6.07, 6.45) is 1.11. The van der Waals surface area contributed by atoms with E-state index in [9.17, 15) is 0 Å². The van der Waals surface area contributed by atoms with Crippen LogP contribution in [0.4, 0.5) is 0 Å². The molecule has 2 N–H and O–H groups in total. The molecule has 0 aliphatic carbocycles. The third-order valence-electron chi connectivity index (χ3n) is 2.80. The monoisotopic (exact) mass is 357 g/mol. The van der Waals surface area contributed by atoms with E-state index in [2.05, 4.69) is 27.8 Å². The molecule has 0 atom stereocenters. The van der Waals surface area contributed by atoms with Crippen LogP contribution < -0.4 is 10.6 Å². The van der Waals surface area contributed by atoms with Crippen LogP contribution >= 0.6 is 24.0 Å². The minimum atomic E-state index is 0. The van der Waals surface area contributed by atoms with Crippen LogP contribution in [0, 0.1) is 0 Å². The van der Waals surface area contributed by atoms with Gasteiger partial charge in [0.25, 0.3) is 0 Å². The van der Waals surface area contributed by atoms with Crippen LogP contribution in [0.15, 0.2) is 39.7 Å². The van der Waals surface area contributed by atoms with E-state index in [1.54, 1.807) is 0 Å². The van der Waals surface area contributed by atoms with Crippen molar-refractivity contribution in [2.24, 2.45) is 4.99 Å². The van der Waals surface area contributed by atoms with Crippen LogP contribution in [0.3, 0.4) is 0 Å². The summed E-state index contributed by atoms with van der Waals surface area (Å²) >= 11 is 0. The lowest BCUT2D eigenvalue weighted by atomic mass is 10.2. The van der Waals surface area contributed by atoms with Gasteiger partial charge in [-0.2, -0.15) is 0 Å². The maximum atomic E-state index is 5.71. The molecule has 0 fully saturated rings. The summed E-state index contributed by atoms with van der Waals surface area (Å²) < 4.78 is 5.71. The fourth-order valence-corrected chi connectivity index (χ4v) is 1.95. The molecule has 5 heteroatoms. The van der Waals surface area contributed by atoms with Crippen molar-refractivity contribution in [2.75, 3.05) is 13.1 Å². The van der Waals surface area contributed by atoms with Crippen molar-refractivity contribution in [3.05, 3.63) is 36.1 Å². The van der Waals surface area contributed by atoms with Gasteiger partial charge in [-0.25, -0.2) is 0 Å². The second kappa shape index (κ2) is 6.08. The number of nitrogens with one attached hydrogen (secondary N) is 2. The van der Waals surface area contributed by atoms with Gasteiger partial charge in [0.05, 0.1) is 6.54 Å². The summed E-state index contributed by atoms with van der Waals surface area (Å²) in [6, 6.07) is 10.1. The number of aliphatic imine (C=N–C) groups is 1. The van der Waals surface area contributed by atoms with Gasteiger partial charge in [-0.3, -0.25) is 4.99 Å². The van der Waals surface area contributed by atoms with Crippen molar-refractivity contribution in [3.8, 4) is 0 Å². The van der Waals surface area contributed by atoms with Crippen LogP contribution in [0.2, 0.25) is 0 Å². The molecule has 0 amide bonds. The molecule has 0 unspecified atom stereocenters. The molecule has 0 radical (unpaired) electrons. The second-order valence-corrected chi connectivity index (χ2v) is 4.11. The fourth-order valence-electron chi connectivity index (χ4n) is 1.95. The van der Waals surface area contributed by atoms with Gasteiger partial charge >= 0.3 is 0 Å². The van der Waals surface area contributed by atoms with Gasteiger partial charge < -0.3 is 15.1 Å². The highest BCUT2D eigenvalue weighted by Gasteiger charge is 2.06. The van der Waals surface area contributed by atoms with Crippen molar-refractivity contribution in [2.45, 2.75) is 13.0 Å². The van der Waals surface area contributed by atoms with E-state index in [-0.39, 0.29) is 24.0 Å². The summed E-state index contributed by atoms with van der Waals surface area (Å²) in [5.74, 6) is 1.80. The number of fused-ring (bicyclic) bond motifs is 1. The predicted molar refractivity (Wildman–Crippen MR) is 83.4 cm³/mol. The van der Waals surface area contributed by atoms with E-state index in [4.69, 9.17) is 4.42 Å². The predicted octanol–water partition coefficient (Wildman–Crippen LogP) is 2.49. The number of benzene rings is 1. The first-order valence-corrected chi connectivity index (χ1v) is 5.91. The summed E-state index contributed by atoms with van der Waals surface area (Å²) in [5, 5.41) is 7.61. The van der Waals surface area contributed by atoms with E-state index in [1.165, 1.54) is 0 Å². The molecule has 2 aromatic rings. The summed E-state index contributed by atoms with van der Waals surface area (Å²) in [5.41, 5.74) is 0.933. The van der Waals surface area contributed by atoms with Gasteiger partial charge in [-0.1, -0.05) is 18.2 Å². The van der Waals surface area contributed by atoms with Crippen LogP contribution in [-0.2, 0) is 6.54 Å². The Hall–Kier alpha value is -1.24. The standard InChI is InChI=1S/C13H15N3O.HI/c1-2-5-12-10(4-1)8-11(17-12)9-16-13-14-6-3-7-15-13;/h1-2,4-5,8H,3,6-7,9H2,(H2,14,15,16);1H. The van der Waals surface area contributed by atoms with Crippen molar-refractivity contribution < 1.29 is 4.42 Å². The summed E-state index contributed by atoms with van der Waals surface area (Å²) in [4.78, 5) is 4.35. The molecule has 0 saturated carbocycles. The molecule has 1 aliphatic rings. The Morgan fingerprint density at radius 3 is 3.00 bits per heavy atom. The second-order valence-electron chi connectivity index (χ2n) is 4.11. The highest BCUT2D eigenvalue weighted by atomic mass is 127. The maximum Gasteiger partial charge on any atom is 0.191 e. The minimum absolute atomic E-state index is 0. The Bertz CT molecular complexity index is 517. The van der Waals surface area contributed by atoms with E-state index < -0.39 is 0 Å². The van der Waals surface area contributed by atoms with Crippen molar-refractivity contribution in [1.29, 1.82) is 0 Å².